The summed E-state index contributed by atoms with van der Waals surface area (Å²) >= 11 is 0. The lowest BCUT2D eigenvalue weighted by Crippen LogP contribution is -2.14. The molecule has 0 aliphatic carbocycles. The number of Topliss-reactive ketones (excluding diaryl/α,β-unsaturated/α-hetero) is 1. The number of nitro benzene ring substituents is 1. The molecule has 0 unspecified atom stereocenters. The van der Waals surface area contributed by atoms with Crippen LogP contribution in [-0.2, 0) is 4.74 Å². The second-order valence-electron chi connectivity index (χ2n) is 6.10. The third kappa shape index (κ3) is 6.31. The van der Waals surface area contributed by atoms with Gasteiger partial charge >= 0.3 is 5.97 Å². The average Bonchev–Trinajstić information content (AvgIpc) is 2.73. The SMILES string of the molecule is CCCCOc1ccc(C(=O)OCC(=O)c2ccc([N+](=O)[O-])cc2)cc1OCC. The molecule has 0 N–H and O–H groups in total. The molecule has 8 nitrogen and oxygen atoms in total. The Labute approximate surface area is 168 Å². The van der Waals surface area contributed by atoms with Gasteiger partial charge in [-0.1, -0.05) is 13.3 Å². The van der Waals surface area contributed by atoms with E-state index in [1.807, 2.05) is 6.92 Å². The summed E-state index contributed by atoms with van der Waals surface area (Å²) in [5, 5.41) is 10.7. The topological polar surface area (TPSA) is 105 Å². The summed E-state index contributed by atoms with van der Waals surface area (Å²) in [6.45, 7) is 4.36. The normalized spacial score (nSPS) is 10.3. The molecule has 0 saturated heterocycles. The molecule has 0 aromatic heterocycles. The van der Waals surface area contributed by atoms with Gasteiger partial charge in [0.1, 0.15) is 0 Å². The number of non-ortho nitro benzene ring substituents is 1. The maximum absolute atomic E-state index is 12.3. The maximum Gasteiger partial charge on any atom is 0.338 e. The summed E-state index contributed by atoms with van der Waals surface area (Å²) in [5.41, 5.74) is 0.328. The number of ether oxygens (including phenoxy) is 3. The third-order valence-electron chi connectivity index (χ3n) is 3.97. The standard InChI is InChI=1S/C21H23NO7/c1-3-5-12-28-19-11-8-16(13-20(19)27-4-2)21(24)29-14-18(23)15-6-9-17(10-7-15)22(25)26/h6-11,13H,3-5,12,14H2,1-2H3. The first-order valence-corrected chi connectivity index (χ1v) is 9.30. The first-order chi connectivity index (χ1) is 14.0. The van der Waals surface area contributed by atoms with Gasteiger partial charge in [-0.15, -0.1) is 0 Å². The van der Waals surface area contributed by atoms with Crippen LogP contribution in [0.1, 0.15) is 47.4 Å². The van der Waals surface area contributed by atoms with Gasteiger partial charge in [-0.25, -0.2) is 4.79 Å². The minimum Gasteiger partial charge on any atom is -0.490 e. The molecule has 0 radical (unpaired) electrons. The predicted molar refractivity (Wildman–Crippen MR) is 106 cm³/mol. The van der Waals surface area contributed by atoms with Crippen LogP contribution < -0.4 is 9.47 Å². The van der Waals surface area contributed by atoms with Crippen LogP contribution in [0.2, 0.25) is 0 Å². The van der Waals surface area contributed by atoms with Crippen molar-refractivity contribution in [3.05, 3.63) is 63.7 Å². The molecule has 2 rings (SSSR count). The monoisotopic (exact) mass is 401 g/mol. The number of hydrogen-bond donors (Lipinski definition) is 0. The first kappa shape index (κ1) is 21.9. The van der Waals surface area contributed by atoms with Crippen LogP contribution >= 0.6 is 0 Å². The van der Waals surface area contributed by atoms with Gasteiger partial charge < -0.3 is 14.2 Å². The number of hydrogen-bond acceptors (Lipinski definition) is 7. The number of rotatable bonds is 11. The summed E-state index contributed by atoms with van der Waals surface area (Å²) in [5.74, 6) is -0.169. The molecule has 0 atom stereocenters. The lowest BCUT2D eigenvalue weighted by Gasteiger charge is -2.13. The fourth-order valence-electron chi connectivity index (χ4n) is 2.42. The molecular formula is C21H23NO7. The van der Waals surface area contributed by atoms with Crippen molar-refractivity contribution in [3.63, 3.8) is 0 Å². The fourth-order valence-corrected chi connectivity index (χ4v) is 2.42. The van der Waals surface area contributed by atoms with E-state index in [2.05, 4.69) is 6.92 Å². The largest absolute Gasteiger partial charge is 0.490 e. The predicted octanol–water partition coefficient (Wildman–Crippen LogP) is 4.21. The van der Waals surface area contributed by atoms with E-state index in [1.165, 1.54) is 30.3 Å². The molecule has 2 aromatic rings. The van der Waals surface area contributed by atoms with Gasteiger partial charge in [0.25, 0.3) is 5.69 Å². The molecule has 0 bridgehead atoms. The molecule has 0 fully saturated rings. The van der Waals surface area contributed by atoms with Crippen LogP contribution in [0.15, 0.2) is 42.5 Å². The van der Waals surface area contributed by atoms with E-state index in [4.69, 9.17) is 14.2 Å². The number of carbonyl (C=O) groups is 2. The third-order valence-corrected chi connectivity index (χ3v) is 3.97. The number of nitro groups is 1. The van der Waals surface area contributed by atoms with Gasteiger partial charge in [-0.3, -0.25) is 14.9 Å². The molecule has 154 valence electrons. The molecule has 0 aliphatic rings. The van der Waals surface area contributed by atoms with Gasteiger partial charge in [0.15, 0.2) is 23.9 Å². The Bertz CT molecular complexity index is 862. The summed E-state index contributed by atoms with van der Waals surface area (Å²) in [7, 11) is 0. The van der Waals surface area contributed by atoms with Crippen molar-refractivity contribution < 1.29 is 28.7 Å². The van der Waals surface area contributed by atoms with Crippen molar-refractivity contribution in [2.45, 2.75) is 26.7 Å². The van der Waals surface area contributed by atoms with Crippen molar-refractivity contribution in [1.82, 2.24) is 0 Å². The van der Waals surface area contributed by atoms with Crippen LogP contribution in [-0.4, -0.2) is 36.5 Å². The van der Waals surface area contributed by atoms with Crippen molar-refractivity contribution in [2.24, 2.45) is 0 Å². The smallest absolute Gasteiger partial charge is 0.338 e. The Balaban J connectivity index is 2.01. The Hall–Kier alpha value is -3.42. The molecule has 0 heterocycles. The first-order valence-electron chi connectivity index (χ1n) is 9.30. The number of unbranched alkanes of at least 4 members (excludes halogenated alkanes) is 1. The molecule has 0 saturated carbocycles. The Morgan fingerprint density at radius 2 is 1.66 bits per heavy atom. The molecule has 8 heteroatoms. The zero-order chi connectivity index (χ0) is 21.2. The molecule has 0 amide bonds. The quantitative estimate of drug-likeness (QED) is 0.183. The van der Waals surface area contributed by atoms with Crippen molar-refractivity contribution in [1.29, 1.82) is 0 Å². The lowest BCUT2D eigenvalue weighted by molar-refractivity contribution is -0.384. The van der Waals surface area contributed by atoms with E-state index in [1.54, 1.807) is 12.1 Å². The number of nitrogens with zero attached hydrogens (tertiary/aromatic N) is 1. The Morgan fingerprint density at radius 1 is 0.966 bits per heavy atom. The molecular weight excluding hydrogens is 378 g/mol. The van der Waals surface area contributed by atoms with Crippen LogP contribution in [0.4, 0.5) is 5.69 Å². The van der Waals surface area contributed by atoms with Crippen LogP contribution in [0.5, 0.6) is 11.5 Å². The molecule has 0 spiro atoms. The zero-order valence-corrected chi connectivity index (χ0v) is 16.4. The van der Waals surface area contributed by atoms with Crippen molar-refractivity contribution in [2.75, 3.05) is 19.8 Å². The van der Waals surface area contributed by atoms with E-state index >= 15 is 0 Å². The zero-order valence-electron chi connectivity index (χ0n) is 16.4. The minimum atomic E-state index is -0.679. The highest BCUT2D eigenvalue weighted by Gasteiger charge is 2.16. The van der Waals surface area contributed by atoms with E-state index in [9.17, 15) is 19.7 Å². The summed E-state index contributed by atoms with van der Waals surface area (Å²) in [6, 6.07) is 9.79. The summed E-state index contributed by atoms with van der Waals surface area (Å²) < 4.78 is 16.3. The van der Waals surface area contributed by atoms with E-state index in [0.29, 0.717) is 24.7 Å². The van der Waals surface area contributed by atoms with Gasteiger partial charge in [0.05, 0.1) is 23.7 Å². The number of benzene rings is 2. The highest BCUT2D eigenvalue weighted by atomic mass is 16.6. The van der Waals surface area contributed by atoms with Gasteiger partial charge in [-0.2, -0.15) is 0 Å². The van der Waals surface area contributed by atoms with Crippen LogP contribution in [0, 0.1) is 10.1 Å². The van der Waals surface area contributed by atoms with Crippen LogP contribution in [0.3, 0.4) is 0 Å². The summed E-state index contributed by atoms with van der Waals surface area (Å²) in [6.07, 6.45) is 1.90. The highest BCUT2D eigenvalue weighted by molar-refractivity contribution is 5.99. The van der Waals surface area contributed by atoms with Crippen molar-refractivity contribution in [3.8, 4) is 11.5 Å². The lowest BCUT2D eigenvalue weighted by atomic mass is 10.1. The minimum absolute atomic E-state index is 0.122. The second kappa shape index (κ2) is 10.8. The second-order valence-corrected chi connectivity index (χ2v) is 6.10. The molecule has 29 heavy (non-hydrogen) atoms. The van der Waals surface area contributed by atoms with Gasteiger partial charge in [0.2, 0.25) is 0 Å². The van der Waals surface area contributed by atoms with Crippen molar-refractivity contribution >= 4 is 17.4 Å². The summed E-state index contributed by atoms with van der Waals surface area (Å²) in [4.78, 5) is 34.5. The molecule has 0 aliphatic heterocycles. The number of esters is 1. The maximum atomic E-state index is 12.3. The van der Waals surface area contributed by atoms with Crippen LogP contribution in [0.25, 0.3) is 0 Å². The van der Waals surface area contributed by atoms with E-state index in [0.717, 1.165) is 12.8 Å². The fraction of sp³-hybridized carbons (Fsp3) is 0.333. The highest BCUT2D eigenvalue weighted by Crippen LogP contribution is 2.29. The number of carbonyl (C=O) groups excluding carboxylic acids is 2. The Morgan fingerprint density at radius 3 is 2.28 bits per heavy atom. The van der Waals surface area contributed by atoms with E-state index < -0.39 is 23.3 Å². The van der Waals surface area contributed by atoms with Gasteiger partial charge in [0, 0.05) is 17.7 Å². The average molecular weight is 401 g/mol. The van der Waals surface area contributed by atoms with E-state index in [-0.39, 0.29) is 16.8 Å². The molecule has 2 aromatic carbocycles. The van der Waals surface area contributed by atoms with Gasteiger partial charge in [-0.05, 0) is 43.7 Å². The number of ketones is 1. The Kier molecular flexibility index (Phi) is 8.14.